The molecule has 0 saturated carbocycles. The molecule has 0 heterocycles. The van der Waals surface area contributed by atoms with Gasteiger partial charge in [-0.2, -0.15) is 0 Å². The van der Waals surface area contributed by atoms with Gasteiger partial charge in [0.1, 0.15) is 0 Å². The summed E-state index contributed by atoms with van der Waals surface area (Å²) in [6.45, 7) is 2.21. The van der Waals surface area contributed by atoms with Gasteiger partial charge in [-0.05, 0) is 25.7 Å². The van der Waals surface area contributed by atoms with Gasteiger partial charge in [0.2, 0.25) is 0 Å². The molecule has 0 aromatic rings. The van der Waals surface area contributed by atoms with Crippen LogP contribution in [-0.2, 0) is 0 Å². The predicted octanol–water partition coefficient (Wildman–Crippen LogP) is 3.11. The largest absolute Gasteiger partial charge is 0.123 e. The van der Waals surface area contributed by atoms with Crippen LogP contribution in [0.15, 0.2) is 11.6 Å². The Labute approximate surface area is 61.9 Å². The van der Waals surface area contributed by atoms with E-state index in [0.717, 1.165) is 6.42 Å². The first-order valence-electron chi connectivity index (χ1n) is 3.65. The maximum absolute atomic E-state index is 5.89. The minimum atomic E-state index is 0.417. The molecule has 0 radical (unpaired) electrons. The molecule has 1 unspecified atom stereocenters. The molecule has 1 heteroatoms. The Kier molecular flexibility index (Phi) is 2.59. The van der Waals surface area contributed by atoms with E-state index in [9.17, 15) is 0 Å². The second kappa shape index (κ2) is 3.26. The zero-order valence-electron chi connectivity index (χ0n) is 5.86. The molecular weight excluding hydrogens is 132 g/mol. The minimum Gasteiger partial charge on any atom is -0.123 e. The van der Waals surface area contributed by atoms with Gasteiger partial charge in [-0.3, -0.25) is 0 Å². The Hall–Kier alpha value is 0.0300. The molecule has 9 heavy (non-hydrogen) atoms. The second-order valence-corrected chi connectivity index (χ2v) is 3.20. The molecular formula is C8H13Cl. The van der Waals surface area contributed by atoms with Gasteiger partial charge < -0.3 is 0 Å². The van der Waals surface area contributed by atoms with Crippen LogP contribution in [0.2, 0.25) is 0 Å². The molecule has 1 rings (SSSR count). The Bertz CT molecular complexity index is 116. The normalized spacial score (nSPS) is 27.8. The van der Waals surface area contributed by atoms with Crippen molar-refractivity contribution in [3.05, 3.63) is 11.6 Å². The molecule has 0 saturated heterocycles. The van der Waals surface area contributed by atoms with Crippen LogP contribution in [0.4, 0.5) is 0 Å². The van der Waals surface area contributed by atoms with E-state index in [1.165, 1.54) is 19.3 Å². The lowest BCUT2D eigenvalue weighted by Crippen LogP contribution is -2.03. The van der Waals surface area contributed by atoms with Crippen molar-refractivity contribution >= 4 is 11.6 Å². The minimum absolute atomic E-state index is 0.417. The van der Waals surface area contributed by atoms with Gasteiger partial charge in [0.15, 0.2) is 0 Å². The van der Waals surface area contributed by atoms with Crippen molar-refractivity contribution in [1.29, 1.82) is 0 Å². The highest BCUT2D eigenvalue weighted by Gasteiger charge is 2.09. The van der Waals surface area contributed by atoms with Crippen LogP contribution in [-0.4, -0.2) is 5.38 Å². The average molecular weight is 145 g/mol. The van der Waals surface area contributed by atoms with E-state index >= 15 is 0 Å². The van der Waals surface area contributed by atoms with Crippen molar-refractivity contribution in [2.24, 2.45) is 0 Å². The summed E-state index contributed by atoms with van der Waals surface area (Å²) in [5, 5.41) is 0.417. The third-order valence-corrected chi connectivity index (χ3v) is 2.29. The highest BCUT2D eigenvalue weighted by molar-refractivity contribution is 6.20. The summed E-state index contributed by atoms with van der Waals surface area (Å²) in [6.07, 6.45) is 7.00. The molecule has 0 aliphatic heterocycles. The molecule has 0 N–H and O–H groups in total. The topological polar surface area (TPSA) is 0 Å². The lowest BCUT2D eigenvalue weighted by molar-refractivity contribution is 0.692. The third-order valence-electron chi connectivity index (χ3n) is 1.90. The Balaban J connectivity index is 2.40. The lowest BCUT2D eigenvalue weighted by atomic mass is 9.98. The van der Waals surface area contributed by atoms with Crippen molar-refractivity contribution in [1.82, 2.24) is 0 Å². The van der Waals surface area contributed by atoms with E-state index in [4.69, 9.17) is 11.6 Å². The molecule has 0 fully saturated rings. The first-order chi connectivity index (χ1) is 4.33. The zero-order chi connectivity index (χ0) is 6.69. The predicted molar refractivity (Wildman–Crippen MR) is 41.9 cm³/mol. The molecule has 0 spiro atoms. The number of hydrogen-bond donors (Lipinski definition) is 0. The van der Waals surface area contributed by atoms with E-state index in [1.807, 2.05) is 0 Å². The van der Waals surface area contributed by atoms with E-state index in [0.29, 0.717) is 5.38 Å². The Morgan fingerprint density at radius 2 is 2.56 bits per heavy atom. The standard InChI is InChI=1S/C8H13Cl/c1-2-7-3-5-8(9)6-4-7/h3,8H,2,4-6H2,1H3. The maximum atomic E-state index is 5.89. The second-order valence-electron chi connectivity index (χ2n) is 2.59. The van der Waals surface area contributed by atoms with Crippen LogP contribution in [0.5, 0.6) is 0 Å². The van der Waals surface area contributed by atoms with E-state index in [1.54, 1.807) is 5.57 Å². The summed E-state index contributed by atoms with van der Waals surface area (Å²) in [5.74, 6) is 0. The molecule has 0 nitrogen and oxygen atoms in total. The van der Waals surface area contributed by atoms with E-state index < -0.39 is 0 Å². The summed E-state index contributed by atoms with van der Waals surface area (Å²) in [7, 11) is 0. The van der Waals surface area contributed by atoms with Crippen molar-refractivity contribution in [2.75, 3.05) is 0 Å². The molecule has 0 aromatic carbocycles. The number of rotatable bonds is 1. The number of allylic oxidation sites excluding steroid dienone is 2. The molecule has 0 bridgehead atoms. The quantitative estimate of drug-likeness (QED) is 0.392. The van der Waals surface area contributed by atoms with Crippen LogP contribution < -0.4 is 0 Å². The first-order valence-corrected chi connectivity index (χ1v) is 4.08. The molecule has 52 valence electrons. The zero-order valence-corrected chi connectivity index (χ0v) is 6.62. The highest BCUT2D eigenvalue weighted by Crippen LogP contribution is 2.23. The SMILES string of the molecule is CCC1=CCC(Cl)CC1. The first kappa shape index (κ1) is 7.14. The fourth-order valence-corrected chi connectivity index (χ4v) is 1.38. The molecule has 0 aromatic heterocycles. The number of alkyl halides is 1. The van der Waals surface area contributed by atoms with Crippen LogP contribution in [0, 0.1) is 0 Å². The van der Waals surface area contributed by atoms with Gasteiger partial charge in [-0.15, -0.1) is 11.6 Å². The number of hydrogen-bond acceptors (Lipinski definition) is 0. The van der Waals surface area contributed by atoms with Gasteiger partial charge >= 0.3 is 0 Å². The lowest BCUT2D eigenvalue weighted by Gasteiger charge is -2.14. The summed E-state index contributed by atoms with van der Waals surface area (Å²) < 4.78 is 0. The van der Waals surface area contributed by atoms with Gasteiger partial charge in [0.05, 0.1) is 0 Å². The van der Waals surface area contributed by atoms with Crippen LogP contribution in [0.3, 0.4) is 0 Å². The summed E-state index contributed by atoms with van der Waals surface area (Å²) in [5.41, 5.74) is 1.59. The Morgan fingerprint density at radius 3 is 3.00 bits per heavy atom. The smallest absolute Gasteiger partial charge is 0.0373 e. The average Bonchev–Trinajstić information content (AvgIpc) is 1.90. The van der Waals surface area contributed by atoms with Crippen molar-refractivity contribution in [3.8, 4) is 0 Å². The van der Waals surface area contributed by atoms with Crippen LogP contribution in [0.25, 0.3) is 0 Å². The summed E-state index contributed by atoms with van der Waals surface area (Å²) in [4.78, 5) is 0. The van der Waals surface area contributed by atoms with Crippen molar-refractivity contribution < 1.29 is 0 Å². The summed E-state index contributed by atoms with van der Waals surface area (Å²) >= 11 is 5.89. The molecule has 1 atom stereocenters. The fourth-order valence-electron chi connectivity index (χ4n) is 1.18. The monoisotopic (exact) mass is 144 g/mol. The molecule has 1 aliphatic carbocycles. The highest BCUT2D eigenvalue weighted by atomic mass is 35.5. The number of halogens is 1. The van der Waals surface area contributed by atoms with E-state index in [-0.39, 0.29) is 0 Å². The van der Waals surface area contributed by atoms with Crippen molar-refractivity contribution in [2.45, 2.75) is 38.0 Å². The van der Waals surface area contributed by atoms with Gasteiger partial charge in [-0.1, -0.05) is 18.6 Å². The molecule has 1 aliphatic rings. The van der Waals surface area contributed by atoms with Gasteiger partial charge in [0, 0.05) is 5.38 Å². The van der Waals surface area contributed by atoms with Gasteiger partial charge in [0.25, 0.3) is 0 Å². The fraction of sp³-hybridized carbons (Fsp3) is 0.750. The van der Waals surface area contributed by atoms with Crippen molar-refractivity contribution in [3.63, 3.8) is 0 Å². The van der Waals surface area contributed by atoms with Crippen LogP contribution in [0.1, 0.15) is 32.6 Å². The van der Waals surface area contributed by atoms with E-state index in [2.05, 4.69) is 13.0 Å². The van der Waals surface area contributed by atoms with Crippen LogP contribution >= 0.6 is 11.6 Å². The third kappa shape index (κ3) is 2.02. The Morgan fingerprint density at radius 1 is 1.78 bits per heavy atom. The van der Waals surface area contributed by atoms with Gasteiger partial charge in [-0.25, -0.2) is 0 Å². The summed E-state index contributed by atoms with van der Waals surface area (Å²) in [6, 6.07) is 0. The molecule has 0 amide bonds. The maximum Gasteiger partial charge on any atom is 0.0373 e.